The molecule has 1 N–H and O–H groups in total. The van der Waals surface area contributed by atoms with E-state index in [2.05, 4.69) is 35.9 Å². The largest absolute Gasteiger partial charge is 0.505 e. The molecule has 82 valence electrons. The smallest absolute Gasteiger partial charge is 0.450 e. The van der Waals surface area contributed by atoms with Crippen LogP contribution in [0.2, 0.25) is 0 Å². The van der Waals surface area contributed by atoms with E-state index in [1.165, 1.54) is 11.1 Å². The number of ether oxygens (including phenoxy) is 1. The zero-order valence-corrected chi connectivity index (χ0v) is 8.90. The van der Waals surface area contributed by atoms with E-state index in [0.29, 0.717) is 0 Å². The molecule has 0 atom stereocenters. The van der Waals surface area contributed by atoms with E-state index in [0.717, 1.165) is 19.3 Å². The van der Waals surface area contributed by atoms with Crippen LogP contribution in [0.15, 0.2) is 24.3 Å². The van der Waals surface area contributed by atoms with Crippen LogP contribution in [-0.2, 0) is 17.6 Å². The van der Waals surface area contributed by atoms with Crippen LogP contribution >= 0.6 is 0 Å². The number of rotatable bonds is 5. The van der Waals surface area contributed by atoms with Crippen LogP contribution in [-0.4, -0.2) is 17.9 Å². The van der Waals surface area contributed by atoms with Gasteiger partial charge in [0.25, 0.3) is 0 Å². The third kappa shape index (κ3) is 4.49. The van der Waals surface area contributed by atoms with Crippen molar-refractivity contribution in [1.29, 1.82) is 0 Å². The Balaban J connectivity index is 2.28. The summed E-state index contributed by atoms with van der Waals surface area (Å²) in [7, 11) is 0. The first-order valence-electron chi connectivity index (χ1n) is 5.16. The average molecular weight is 208 g/mol. The molecular formula is C12H16O3. The highest BCUT2D eigenvalue weighted by molar-refractivity contribution is 5.56. The molecule has 1 rings (SSSR count). The molecule has 0 heterocycles. The quantitative estimate of drug-likeness (QED) is 0.597. The molecule has 0 radical (unpaired) electrons. The topological polar surface area (TPSA) is 46.5 Å². The molecule has 0 spiro atoms. The fourth-order valence-electron chi connectivity index (χ4n) is 1.38. The summed E-state index contributed by atoms with van der Waals surface area (Å²) in [6.45, 7) is 2.39. The van der Waals surface area contributed by atoms with Crippen molar-refractivity contribution < 1.29 is 14.6 Å². The lowest BCUT2D eigenvalue weighted by Gasteiger charge is -2.02. The predicted molar refractivity (Wildman–Crippen MR) is 58.1 cm³/mol. The molecule has 15 heavy (non-hydrogen) atoms. The minimum atomic E-state index is -1.20. The zero-order valence-electron chi connectivity index (χ0n) is 8.90. The first-order chi connectivity index (χ1) is 7.22. The Kier molecular flexibility index (Phi) is 4.68. The van der Waals surface area contributed by atoms with Gasteiger partial charge in [-0.15, -0.1) is 0 Å². The zero-order chi connectivity index (χ0) is 11.1. The molecule has 1 aromatic rings. The minimum Gasteiger partial charge on any atom is -0.450 e. The lowest BCUT2D eigenvalue weighted by Crippen LogP contribution is -2.02. The van der Waals surface area contributed by atoms with Crippen molar-refractivity contribution >= 4 is 6.16 Å². The highest BCUT2D eigenvalue weighted by Gasteiger charge is 1.97. The van der Waals surface area contributed by atoms with Crippen molar-refractivity contribution in [2.24, 2.45) is 0 Å². The Morgan fingerprint density at radius 2 is 1.87 bits per heavy atom. The summed E-state index contributed by atoms with van der Waals surface area (Å²) < 4.78 is 4.43. The summed E-state index contributed by atoms with van der Waals surface area (Å²) in [4.78, 5) is 10.1. The van der Waals surface area contributed by atoms with E-state index in [-0.39, 0.29) is 6.61 Å². The van der Waals surface area contributed by atoms with Crippen LogP contribution in [0.4, 0.5) is 4.79 Å². The van der Waals surface area contributed by atoms with Crippen LogP contribution in [0.3, 0.4) is 0 Å². The van der Waals surface area contributed by atoms with Crippen LogP contribution in [0.25, 0.3) is 0 Å². The average Bonchev–Trinajstić information content (AvgIpc) is 2.25. The standard InChI is InChI=1S/C12H16O3/c1-2-10-5-7-11(8-6-10)4-3-9-15-12(13)14/h5-8H,2-4,9H2,1H3,(H,13,14). The van der Waals surface area contributed by atoms with E-state index in [9.17, 15) is 4.79 Å². The molecule has 0 aliphatic carbocycles. The number of carboxylic acid groups (broad SMARTS) is 1. The van der Waals surface area contributed by atoms with Crippen molar-refractivity contribution in [3.8, 4) is 0 Å². The fraction of sp³-hybridized carbons (Fsp3) is 0.417. The summed E-state index contributed by atoms with van der Waals surface area (Å²) >= 11 is 0. The first-order valence-corrected chi connectivity index (χ1v) is 5.16. The van der Waals surface area contributed by atoms with Crippen LogP contribution in [0, 0.1) is 0 Å². The molecule has 1 aromatic carbocycles. The molecule has 0 aliphatic rings. The van der Waals surface area contributed by atoms with E-state index in [1.807, 2.05) is 0 Å². The second kappa shape index (κ2) is 6.06. The van der Waals surface area contributed by atoms with E-state index in [1.54, 1.807) is 0 Å². The van der Waals surface area contributed by atoms with Gasteiger partial charge in [0.05, 0.1) is 6.61 Å². The van der Waals surface area contributed by atoms with E-state index in [4.69, 9.17) is 5.11 Å². The van der Waals surface area contributed by atoms with Crippen LogP contribution in [0.5, 0.6) is 0 Å². The van der Waals surface area contributed by atoms with Crippen molar-refractivity contribution in [2.45, 2.75) is 26.2 Å². The van der Waals surface area contributed by atoms with Crippen molar-refractivity contribution in [1.82, 2.24) is 0 Å². The lowest BCUT2D eigenvalue weighted by molar-refractivity contribution is 0.0907. The van der Waals surface area contributed by atoms with Gasteiger partial charge in [-0.25, -0.2) is 4.79 Å². The van der Waals surface area contributed by atoms with Gasteiger partial charge in [0, 0.05) is 0 Å². The van der Waals surface area contributed by atoms with Crippen molar-refractivity contribution in [3.63, 3.8) is 0 Å². The first kappa shape index (κ1) is 11.6. The highest BCUT2D eigenvalue weighted by Crippen LogP contribution is 2.07. The maximum absolute atomic E-state index is 10.1. The Labute approximate surface area is 89.7 Å². The second-order valence-corrected chi connectivity index (χ2v) is 3.39. The van der Waals surface area contributed by atoms with Gasteiger partial charge in [-0.3, -0.25) is 0 Å². The van der Waals surface area contributed by atoms with Crippen LogP contribution in [0.1, 0.15) is 24.5 Å². The molecule has 0 saturated heterocycles. The molecule has 3 heteroatoms. The molecule has 0 bridgehead atoms. The Hall–Kier alpha value is -1.51. The number of carbonyl (C=O) groups is 1. The normalized spacial score (nSPS) is 9.93. The Morgan fingerprint density at radius 1 is 1.27 bits per heavy atom. The Morgan fingerprint density at radius 3 is 2.40 bits per heavy atom. The van der Waals surface area contributed by atoms with Gasteiger partial charge in [0.1, 0.15) is 0 Å². The van der Waals surface area contributed by atoms with Crippen molar-refractivity contribution in [3.05, 3.63) is 35.4 Å². The maximum Gasteiger partial charge on any atom is 0.505 e. The number of benzene rings is 1. The fourth-order valence-corrected chi connectivity index (χ4v) is 1.38. The summed E-state index contributed by atoms with van der Waals surface area (Å²) in [6.07, 6.45) is 1.44. The number of aryl methyl sites for hydroxylation is 2. The molecule has 0 saturated carbocycles. The summed E-state index contributed by atoms with van der Waals surface area (Å²) in [6, 6.07) is 8.37. The second-order valence-electron chi connectivity index (χ2n) is 3.39. The van der Waals surface area contributed by atoms with Gasteiger partial charge >= 0.3 is 6.16 Å². The third-order valence-electron chi connectivity index (χ3n) is 2.27. The molecule has 0 amide bonds. The molecule has 0 aliphatic heterocycles. The number of hydrogen-bond acceptors (Lipinski definition) is 2. The number of hydrogen-bond donors (Lipinski definition) is 1. The van der Waals surface area contributed by atoms with E-state index >= 15 is 0 Å². The van der Waals surface area contributed by atoms with Gasteiger partial charge in [0.2, 0.25) is 0 Å². The highest BCUT2D eigenvalue weighted by atomic mass is 16.7. The molecule has 0 aromatic heterocycles. The van der Waals surface area contributed by atoms with Crippen molar-refractivity contribution in [2.75, 3.05) is 6.61 Å². The summed E-state index contributed by atoms with van der Waals surface area (Å²) in [5.74, 6) is 0. The molecule has 3 nitrogen and oxygen atoms in total. The Bertz CT molecular complexity index is 303. The lowest BCUT2D eigenvalue weighted by atomic mass is 10.1. The van der Waals surface area contributed by atoms with Gasteiger partial charge in [-0.1, -0.05) is 31.2 Å². The van der Waals surface area contributed by atoms with E-state index < -0.39 is 6.16 Å². The predicted octanol–water partition coefficient (Wildman–Crippen LogP) is 2.88. The van der Waals surface area contributed by atoms with Gasteiger partial charge in [0.15, 0.2) is 0 Å². The molecule has 0 unspecified atom stereocenters. The minimum absolute atomic E-state index is 0.269. The molecule has 0 fully saturated rings. The third-order valence-corrected chi connectivity index (χ3v) is 2.27. The SMILES string of the molecule is CCc1ccc(CCCOC(=O)O)cc1. The maximum atomic E-state index is 10.1. The summed E-state index contributed by atoms with van der Waals surface area (Å²) in [5.41, 5.74) is 2.54. The van der Waals surface area contributed by atoms with Gasteiger partial charge in [-0.2, -0.15) is 0 Å². The summed E-state index contributed by atoms with van der Waals surface area (Å²) in [5, 5.41) is 8.26. The molecular weight excluding hydrogens is 192 g/mol. The van der Waals surface area contributed by atoms with Gasteiger partial charge < -0.3 is 9.84 Å². The van der Waals surface area contributed by atoms with Gasteiger partial charge in [-0.05, 0) is 30.4 Å². The van der Waals surface area contributed by atoms with Crippen LogP contribution < -0.4 is 0 Å². The monoisotopic (exact) mass is 208 g/mol.